The van der Waals surface area contributed by atoms with Crippen LogP contribution < -0.4 is 0 Å². The van der Waals surface area contributed by atoms with E-state index in [9.17, 15) is 0 Å². The number of thioether (sulfide) groups is 1. The Morgan fingerprint density at radius 2 is 2.33 bits per heavy atom. The Morgan fingerprint density at radius 3 is 3.17 bits per heavy atom. The SMILES string of the molecule is CSc1cccc2cn[c]cc12. The van der Waals surface area contributed by atoms with Gasteiger partial charge in [0, 0.05) is 16.5 Å². The molecule has 12 heavy (non-hydrogen) atoms. The van der Waals surface area contributed by atoms with Crippen LogP contribution in [0.3, 0.4) is 0 Å². The minimum absolute atomic E-state index is 1.18. The van der Waals surface area contributed by atoms with Crippen molar-refractivity contribution in [2.75, 3.05) is 6.26 Å². The summed E-state index contributed by atoms with van der Waals surface area (Å²) >= 11 is 1.75. The van der Waals surface area contributed by atoms with Crippen molar-refractivity contribution in [3.63, 3.8) is 0 Å². The average molecular weight is 174 g/mol. The fourth-order valence-corrected chi connectivity index (χ4v) is 1.83. The molecule has 0 atom stereocenters. The number of pyridine rings is 1. The molecule has 0 aliphatic heterocycles. The summed E-state index contributed by atoms with van der Waals surface area (Å²) in [5.41, 5.74) is 0. The van der Waals surface area contributed by atoms with Crippen molar-refractivity contribution in [3.05, 3.63) is 36.7 Å². The zero-order chi connectivity index (χ0) is 8.39. The lowest BCUT2D eigenvalue weighted by atomic mass is 10.2. The summed E-state index contributed by atoms with van der Waals surface area (Å²) in [5.74, 6) is 0. The molecule has 2 rings (SSSR count). The number of fused-ring (bicyclic) bond motifs is 1. The Morgan fingerprint density at radius 1 is 1.42 bits per heavy atom. The van der Waals surface area contributed by atoms with Crippen molar-refractivity contribution in [1.29, 1.82) is 0 Å². The van der Waals surface area contributed by atoms with Gasteiger partial charge in [-0.15, -0.1) is 11.8 Å². The van der Waals surface area contributed by atoms with E-state index in [-0.39, 0.29) is 0 Å². The summed E-state index contributed by atoms with van der Waals surface area (Å²) in [6.07, 6.45) is 6.77. The zero-order valence-corrected chi connectivity index (χ0v) is 7.56. The van der Waals surface area contributed by atoms with Gasteiger partial charge in [0.25, 0.3) is 0 Å². The molecule has 0 bridgehead atoms. The van der Waals surface area contributed by atoms with Crippen LogP contribution in [0.2, 0.25) is 0 Å². The lowest BCUT2D eigenvalue weighted by Crippen LogP contribution is -1.77. The summed E-state index contributed by atoms with van der Waals surface area (Å²) in [5, 5.41) is 2.42. The first-order chi connectivity index (χ1) is 5.92. The highest BCUT2D eigenvalue weighted by molar-refractivity contribution is 7.98. The quantitative estimate of drug-likeness (QED) is 0.616. The van der Waals surface area contributed by atoms with E-state index < -0.39 is 0 Å². The van der Waals surface area contributed by atoms with E-state index in [1.807, 2.05) is 12.3 Å². The fourth-order valence-electron chi connectivity index (χ4n) is 1.21. The molecule has 1 aromatic carbocycles. The summed E-state index contributed by atoms with van der Waals surface area (Å²) in [4.78, 5) is 5.24. The summed E-state index contributed by atoms with van der Waals surface area (Å²) in [6, 6.07) is 8.16. The van der Waals surface area contributed by atoms with E-state index in [2.05, 4.69) is 35.6 Å². The van der Waals surface area contributed by atoms with Crippen molar-refractivity contribution in [3.8, 4) is 0 Å². The van der Waals surface area contributed by atoms with Gasteiger partial charge < -0.3 is 0 Å². The van der Waals surface area contributed by atoms with Crippen LogP contribution in [-0.4, -0.2) is 11.2 Å². The van der Waals surface area contributed by atoms with Crippen LogP contribution in [0, 0.1) is 6.20 Å². The summed E-state index contributed by atoms with van der Waals surface area (Å²) < 4.78 is 0. The minimum atomic E-state index is 1.18. The molecular weight excluding hydrogens is 166 g/mol. The molecular formula is C10H8NS. The highest BCUT2D eigenvalue weighted by Gasteiger charge is 1.97. The largest absolute Gasteiger partial charge is 0.254 e. The molecule has 0 saturated heterocycles. The van der Waals surface area contributed by atoms with Gasteiger partial charge in [0.05, 0.1) is 6.20 Å². The molecule has 1 radical (unpaired) electrons. The predicted molar refractivity (Wildman–Crippen MR) is 52.4 cm³/mol. The number of hydrogen-bond acceptors (Lipinski definition) is 2. The molecule has 1 aromatic heterocycles. The highest BCUT2D eigenvalue weighted by Crippen LogP contribution is 2.24. The van der Waals surface area contributed by atoms with Gasteiger partial charge in [0.2, 0.25) is 0 Å². The Balaban J connectivity index is 2.79. The molecule has 0 unspecified atom stereocenters. The Bertz CT molecular complexity index is 392. The van der Waals surface area contributed by atoms with Gasteiger partial charge in [-0.3, -0.25) is 4.98 Å². The van der Waals surface area contributed by atoms with Crippen LogP contribution in [-0.2, 0) is 0 Å². The Kier molecular flexibility index (Phi) is 2.00. The molecule has 0 aliphatic rings. The molecule has 0 saturated carbocycles. The fraction of sp³-hybridized carbons (Fsp3) is 0.100. The molecule has 0 aliphatic carbocycles. The molecule has 1 heterocycles. The van der Waals surface area contributed by atoms with Gasteiger partial charge in [-0.05, 0) is 23.8 Å². The number of rotatable bonds is 1. The Labute approximate surface area is 75.8 Å². The minimum Gasteiger partial charge on any atom is -0.254 e. The van der Waals surface area contributed by atoms with Gasteiger partial charge in [0.1, 0.15) is 0 Å². The van der Waals surface area contributed by atoms with Crippen LogP contribution >= 0.6 is 11.8 Å². The predicted octanol–water partition coefficient (Wildman–Crippen LogP) is 2.76. The van der Waals surface area contributed by atoms with E-state index in [1.165, 1.54) is 15.7 Å². The van der Waals surface area contributed by atoms with Crippen molar-refractivity contribution >= 4 is 22.5 Å². The first kappa shape index (κ1) is 7.62. The third kappa shape index (κ3) is 1.18. The van der Waals surface area contributed by atoms with Crippen LogP contribution in [0.15, 0.2) is 35.4 Å². The van der Waals surface area contributed by atoms with Gasteiger partial charge in [-0.2, -0.15) is 0 Å². The van der Waals surface area contributed by atoms with E-state index in [4.69, 9.17) is 0 Å². The van der Waals surface area contributed by atoms with Crippen molar-refractivity contribution in [2.24, 2.45) is 0 Å². The van der Waals surface area contributed by atoms with E-state index in [0.717, 1.165) is 0 Å². The number of hydrogen-bond donors (Lipinski definition) is 0. The second-order valence-electron chi connectivity index (χ2n) is 2.49. The maximum atomic E-state index is 3.95. The first-order valence-electron chi connectivity index (χ1n) is 3.70. The van der Waals surface area contributed by atoms with Crippen molar-refractivity contribution in [2.45, 2.75) is 4.90 Å². The van der Waals surface area contributed by atoms with Gasteiger partial charge in [0.15, 0.2) is 0 Å². The number of aromatic nitrogens is 1. The lowest BCUT2D eigenvalue weighted by Gasteiger charge is -2.00. The molecule has 59 valence electrons. The smallest absolute Gasteiger partial charge is 0.0893 e. The molecule has 2 aromatic rings. The normalized spacial score (nSPS) is 10.4. The van der Waals surface area contributed by atoms with Gasteiger partial charge >= 0.3 is 0 Å². The molecule has 0 N–H and O–H groups in total. The summed E-state index contributed by atoms with van der Waals surface area (Å²) in [7, 11) is 0. The molecule has 0 spiro atoms. The second-order valence-corrected chi connectivity index (χ2v) is 3.34. The summed E-state index contributed by atoms with van der Waals surface area (Å²) in [6.45, 7) is 0. The third-order valence-corrected chi connectivity index (χ3v) is 2.60. The molecule has 1 nitrogen and oxygen atoms in total. The lowest BCUT2D eigenvalue weighted by molar-refractivity contribution is 1.33. The second kappa shape index (κ2) is 3.15. The molecule has 0 fully saturated rings. The number of nitrogens with zero attached hydrogens (tertiary/aromatic N) is 1. The first-order valence-corrected chi connectivity index (χ1v) is 4.93. The van der Waals surface area contributed by atoms with E-state index in [1.54, 1.807) is 11.8 Å². The van der Waals surface area contributed by atoms with Crippen LogP contribution in [0.25, 0.3) is 10.8 Å². The van der Waals surface area contributed by atoms with Crippen LogP contribution in [0.4, 0.5) is 0 Å². The van der Waals surface area contributed by atoms with Crippen LogP contribution in [0.5, 0.6) is 0 Å². The zero-order valence-electron chi connectivity index (χ0n) is 6.74. The van der Waals surface area contributed by atoms with E-state index in [0.29, 0.717) is 0 Å². The monoisotopic (exact) mass is 174 g/mol. The topological polar surface area (TPSA) is 12.9 Å². The standard InChI is InChI=1S/C10H8NS/c1-12-10-4-2-3-8-7-11-6-5-9(8)10/h2-5,7H,1H3. The van der Waals surface area contributed by atoms with Gasteiger partial charge in [-0.25, -0.2) is 0 Å². The molecule has 0 amide bonds. The van der Waals surface area contributed by atoms with Crippen molar-refractivity contribution < 1.29 is 0 Å². The average Bonchev–Trinajstić information content (AvgIpc) is 2.17. The maximum Gasteiger partial charge on any atom is 0.0893 e. The number of benzene rings is 1. The maximum absolute atomic E-state index is 3.95. The van der Waals surface area contributed by atoms with Gasteiger partial charge in [-0.1, -0.05) is 12.1 Å². The van der Waals surface area contributed by atoms with Crippen LogP contribution in [0.1, 0.15) is 0 Å². The third-order valence-electron chi connectivity index (χ3n) is 1.81. The van der Waals surface area contributed by atoms with Crippen molar-refractivity contribution in [1.82, 2.24) is 4.98 Å². The highest BCUT2D eigenvalue weighted by atomic mass is 32.2. The van der Waals surface area contributed by atoms with E-state index >= 15 is 0 Å². The molecule has 2 heteroatoms. The Hall–Kier alpha value is -1.02.